The van der Waals surface area contributed by atoms with E-state index >= 15 is 0 Å². The summed E-state index contributed by atoms with van der Waals surface area (Å²) in [6, 6.07) is 8.50. The molecule has 2 fully saturated rings. The molecule has 0 unspecified atom stereocenters. The summed E-state index contributed by atoms with van der Waals surface area (Å²) in [6.07, 6.45) is 10.9. The predicted octanol–water partition coefficient (Wildman–Crippen LogP) is 4.97. The first kappa shape index (κ1) is 25.9. The second kappa shape index (κ2) is 13.2. The minimum atomic E-state index is 0.422. The summed E-state index contributed by atoms with van der Waals surface area (Å²) >= 11 is 6.55. The Labute approximate surface area is 214 Å². The highest BCUT2D eigenvalue weighted by Gasteiger charge is 2.23. The number of nitrogens with zero attached hydrogens (tertiary/aromatic N) is 3. The number of hydrogen-bond acceptors (Lipinski definition) is 6. The molecular weight excluding hydrogens is 462 g/mol. The van der Waals surface area contributed by atoms with Crippen molar-refractivity contribution >= 4 is 29.5 Å². The fourth-order valence-corrected chi connectivity index (χ4v) is 5.09. The number of methoxy groups -OCH3 is 1. The number of halogens is 1. The molecule has 0 radical (unpaired) electrons. The van der Waals surface area contributed by atoms with Crippen molar-refractivity contribution in [3.05, 3.63) is 35.5 Å². The van der Waals surface area contributed by atoms with Gasteiger partial charge in [-0.25, -0.2) is 14.5 Å². The van der Waals surface area contributed by atoms with E-state index in [-0.39, 0.29) is 0 Å². The van der Waals surface area contributed by atoms with Crippen LogP contribution < -0.4 is 10.6 Å². The molecule has 1 saturated heterocycles. The minimum absolute atomic E-state index is 0.422. The molecule has 0 amide bonds. The Balaban J connectivity index is 1.34. The van der Waals surface area contributed by atoms with Crippen LogP contribution in [0.2, 0.25) is 5.02 Å². The number of anilines is 2. The third-order valence-electron chi connectivity index (χ3n) is 7.03. The SMILES string of the molecule is COCC[N+](C)=CC1CCC(Nc2cc(-c3cccc(NCC4CCOCC4)n3)c(Cl)cn2)CC1. The van der Waals surface area contributed by atoms with Crippen molar-refractivity contribution in [1.82, 2.24) is 9.97 Å². The molecular formula is C27H39ClN5O2+. The maximum atomic E-state index is 6.55. The lowest BCUT2D eigenvalue weighted by molar-refractivity contribution is -0.497. The first-order valence-corrected chi connectivity index (χ1v) is 13.2. The summed E-state index contributed by atoms with van der Waals surface area (Å²) in [5.74, 6) is 3.00. The molecule has 0 bridgehead atoms. The van der Waals surface area contributed by atoms with E-state index < -0.39 is 0 Å². The first-order chi connectivity index (χ1) is 17.1. The average molecular weight is 501 g/mol. The lowest BCUT2D eigenvalue weighted by atomic mass is 9.86. The number of likely N-dealkylation sites (N-methyl/N-ethyl adjacent to an activating group) is 1. The Morgan fingerprint density at radius 1 is 1.14 bits per heavy atom. The average Bonchev–Trinajstić information content (AvgIpc) is 2.89. The number of rotatable bonds is 10. The Kier molecular flexibility index (Phi) is 9.74. The van der Waals surface area contributed by atoms with Crippen LogP contribution in [0.25, 0.3) is 11.3 Å². The maximum absolute atomic E-state index is 6.55. The van der Waals surface area contributed by atoms with Gasteiger partial charge in [-0.05, 0) is 62.6 Å². The van der Waals surface area contributed by atoms with Crippen LogP contribution in [-0.4, -0.2) is 73.9 Å². The van der Waals surface area contributed by atoms with Crippen molar-refractivity contribution in [3.63, 3.8) is 0 Å². The number of hydrogen-bond donors (Lipinski definition) is 2. The van der Waals surface area contributed by atoms with E-state index in [0.29, 0.717) is 22.9 Å². The van der Waals surface area contributed by atoms with Crippen molar-refractivity contribution in [2.24, 2.45) is 11.8 Å². The number of nitrogens with one attached hydrogen (secondary N) is 2. The van der Waals surface area contributed by atoms with E-state index in [4.69, 9.17) is 26.1 Å². The van der Waals surface area contributed by atoms with Crippen molar-refractivity contribution in [3.8, 4) is 11.3 Å². The summed E-state index contributed by atoms with van der Waals surface area (Å²) in [4.78, 5) is 9.39. The zero-order chi connectivity index (χ0) is 24.5. The summed E-state index contributed by atoms with van der Waals surface area (Å²) in [7, 11) is 3.88. The maximum Gasteiger partial charge on any atom is 0.165 e. The Hall–Kier alpha value is -2.22. The van der Waals surface area contributed by atoms with Gasteiger partial charge < -0.3 is 20.1 Å². The molecule has 0 atom stereocenters. The molecule has 1 aliphatic carbocycles. The van der Waals surface area contributed by atoms with Gasteiger partial charge in [-0.1, -0.05) is 17.7 Å². The third-order valence-corrected chi connectivity index (χ3v) is 7.33. The highest BCUT2D eigenvalue weighted by molar-refractivity contribution is 6.33. The Morgan fingerprint density at radius 2 is 1.94 bits per heavy atom. The molecule has 1 aliphatic heterocycles. The highest BCUT2D eigenvalue weighted by Crippen LogP contribution is 2.31. The van der Waals surface area contributed by atoms with Gasteiger partial charge in [-0.15, -0.1) is 0 Å². The summed E-state index contributed by atoms with van der Waals surface area (Å²) < 4.78 is 12.9. The van der Waals surface area contributed by atoms with E-state index in [9.17, 15) is 0 Å². The number of pyridine rings is 2. The van der Waals surface area contributed by atoms with Crippen molar-refractivity contribution < 1.29 is 14.0 Å². The second-order valence-corrected chi connectivity index (χ2v) is 10.2. The van der Waals surface area contributed by atoms with Gasteiger partial charge in [0.05, 0.1) is 10.7 Å². The molecule has 1 saturated carbocycles. The number of ether oxygens (including phenoxy) is 2. The van der Waals surface area contributed by atoms with Crippen LogP contribution in [0.15, 0.2) is 30.5 Å². The van der Waals surface area contributed by atoms with E-state index in [2.05, 4.69) is 33.5 Å². The molecule has 35 heavy (non-hydrogen) atoms. The van der Waals surface area contributed by atoms with Gasteiger partial charge in [0, 0.05) is 50.6 Å². The molecule has 2 aromatic heterocycles. The van der Waals surface area contributed by atoms with Gasteiger partial charge in [0.25, 0.3) is 0 Å². The van der Waals surface area contributed by atoms with Crippen molar-refractivity contribution in [2.45, 2.75) is 44.6 Å². The van der Waals surface area contributed by atoms with Gasteiger partial charge in [-0.2, -0.15) is 0 Å². The highest BCUT2D eigenvalue weighted by atomic mass is 35.5. The first-order valence-electron chi connectivity index (χ1n) is 12.9. The molecule has 3 heterocycles. The number of aromatic nitrogens is 2. The van der Waals surface area contributed by atoms with Gasteiger partial charge in [-0.3, -0.25) is 0 Å². The lowest BCUT2D eigenvalue weighted by Gasteiger charge is -2.27. The summed E-state index contributed by atoms with van der Waals surface area (Å²) in [6.45, 7) is 4.32. The Bertz CT molecular complexity index is 972. The van der Waals surface area contributed by atoms with Crippen LogP contribution in [0.4, 0.5) is 11.6 Å². The molecule has 2 aliphatic rings. The van der Waals surface area contributed by atoms with E-state index in [1.807, 2.05) is 24.3 Å². The van der Waals surface area contributed by atoms with Gasteiger partial charge in [0.2, 0.25) is 0 Å². The Morgan fingerprint density at radius 3 is 2.71 bits per heavy atom. The van der Waals surface area contributed by atoms with Crippen LogP contribution >= 0.6 is 11.6 Å². The van der Waals surface area contributed by atoms with E-state index in [1.54, 1.807) is 13.3 Å². The van der Waals surface area contributed by atoms with Gasteiger partial charge >= 0.3 is 0 Å². The zero-order valence-corrected chi connectivity index (χ0v) is 21.8. The molecule has 7 nitrogen and oxygen atoms in total. The van der Waals surface area contributed by atoms with E-state index in [1.165, 1.54) is 12.8 Å². The van der Waals surface area contributed by atoms with E-state index in [0.717, 1.165) is 81.5 Å². The van der Waals surface area contributed by atoms with Crippen LogP contribution in [0.3, 0.4) is 0 Å². The largest absolute Gasteiger partial charge is 0.381 e. The molecule has 2 aromatic rings. The fraction of sp³-hybridized carbons (Fsp3) is 0.593. The quantitative estimate of drug-likeness (QED) is 0.354. The van der Waals surface area contributed by atoms with Crippen molar-refractivity contribution in [2.75, 3.05) is 57.7 Å². The van der Waals surface area contributed by atoms with Gasteiger partial charge in [0.1, 0.15) is 31.5 Å². The fourth-order valence-electron chi connectivity index (χ4n) is 4.89. The molecule has 8 heteroatoms. The molecule has 0 aromatic carbocycles. The smallest absolute Gasteiger partial charge is 0.165 e. The van der Waals surface area contributed by atoms with Crippen LogP contribution in [0, 0.1) is 11.8 Å². The molecule has 190 valence electrons. The van der Waals surface area contributed by atoms with Crippen LogP contribution in [0.5, 0.6) is 0 Å². The van der Waals surface area contributed by atoms with Gasteiger partial charge in [0.15, 0.2) is 6.54 Å². The molecule has 0 spiro atoms. The van der Waals surface area contributed by atoms with Crippen LogP contribution in [-0.2, 0) is 9.47 Å². The van der Waals surface area contributed by atoms with Crippen molar-refractivity contribution in [1.29, 1.82) is 0 Å². The molecule has 2 N–H and O–H groups in total. The normalized spacial score (nSPS) is 21.6. The minimum Gasteiger partial charge on any atom is -0.381 e. The zero-order valence-electron chi connectivity index (χ0n) is 21.0. The lowest BCUT2D eigenvalue weighted by Crippen LogP contribution is -2.28. The monoisotopic (exact) mass is 500 g/mol. The van der Waals surface area contributed by atoms with Crippen LogP contribution in [0.1, 0.15) is 38.5 Å². The predicted molar refractivity (Wildman–Crippen MR) is 143 cm³/mol. The summed E-state index contributed by atoms with van der Waals surface area (Å²) in [5.41, 5.74) is 1.76. The third kappa shape index (κ3) is 7.89. The molecule has 4 rings (SSSR count). The topological polar surface area (TPSA) is 71.3 Å². The standard InChI is InChI=1S/C27H39ClN5O2/c1-33(12-15-34-2)19-21-6-8-22(9-7-21)31-27-16-23(24(28)18-30-27)25-4-3-5-26(32-25)29-17-20-10-13-35-14-11-20/h3-5,16,18-22H,6-15,17H2,1-2H3,(H,29,32)(H,30,31)/q+1. The second-order valence-electron chi connectivity index (χ2n) is 9.77. The summed E-state index contributed by atoms with van der Waals surface area (Å²) in [5, 5.41) is 7.75.